The summed E-state index contributed by atoms with van der Waals surface area (Å²) in [5, 5.41) is 5.16. The SMILES string of the molecule is CSc1cc(-c2nc(C3(N)CCCC3)no2)c(Cl)cc1Cl.Cl. The van der Waals surface area contributed by atoms with Crippen molar-refractivity contribution in [3.8, 4) is 11.5 Å². The van der Waals surface area contributed by atoms with Crippen LogP contribution in [0.3, 0.4) is 0 Å². The zero-order valence-corrected chi connectivity index (χ0v) is 15.1. The standard InChI is InChI=1S/C14H15Cl2N3OS.ClH/c1-21-11-6-8(9(15)7-10(11)16)12-18-13(19-20-12)14(17)4-2-3-5-14;/h6-7H,2-5,17H2,1H3;1H. The summed E-state index contributed by atoms with van der Waals surface area (Å²) in [6, 6.07) is 3.56. The molecule has 0 amide bonds. The van der Waals surface area contributed by atoms with E-state index in [2.05, 4.69) is 10.1 Å². The van der Waals surface area contributed by atoms with Crippen molar-refractivity contribution in [2.24, 2.45) is 5.73 Å². The summed E-state index contributed by atoms with van der Waals surface area (Å²) in [6.45, 7) is 0. The number of rotatable bonds is 3. The van der Waals surface area contributed by atoms with Crippen LogP contribution in [0.25, 0.3) is 11.5 Å². The van der Waals surface area contributed by atoms with Gasteiger partial charge < -0.3 is 10.3 Å². The summed E-state index contributed by atoms with van der Waals surface area (Å²) in [5.41, 5.74) is 6.56. The molecule has 2 N–H and O–H groups in total. The number of halogens is 3. The molecule has 1 aromatic carbocycles. The summed E-state index contributed by atoms with van der Waals surface area (Å²) >= 11 is 13.9. The van der Waals surface area contributed by atoms with Crippen LogP contribution < -0.4 is 5.73 Å². The van der Waals surface area contributed by atoms with Gasteiger partial charge in [0.2, 0.25) is 0 Å². The van der Waals surface area contributed by atoms with Crippen LogP contribution in [-0.2, 0) is 5.54 Å². The Morgan fingerprint density at radius 1 is 1.23 bits per heavy atom. The van der Waals surface area contributed by atoms with Gasteiger partial charge in [-0.05, 0) is 31.2 Å². The Labute approximate surface area is 149 Å². The van der Waals surface area contributed by atoms with Crippen molar-refractivity contribution in [1.29, 1.82) is 0 Å². The predicted molar refractivity (Wildman–Crippen MR) is 93.1 cm³/mol. The second kappa shape index (κ2) is 6.97. The van der Waals surface area contributed by atoms with Gasteiger partial charge in [0.15, 0.2) is 5.82 Å². The zero-order chi connectivity index (χ0) is 15.0. The number of nitrogens with two attached hydrogens (primary N) is 1. The molecule has 1 aliphatic carbocycles. The number of hydrogen-bond acceptors (Lipinski definition) is 5. The molecule has 0 unspecified atom stereocenters. The van der Waals surface area contributed by atoms with E-state index in [1.807, 2.05) is 12.3 Å². The smallest absolute Gasteiger partial charge is 0.259 e. The van der Waals surface area contributed by atoms with Gasteiger partial charge in [-0.15, -0.1) is 24.2 Å². The fraction of sp³-hybridized carbons (Fsp3) is 0.429. The number of benzene rings is 1. The summed E-state index contributed by atoms with van der Waals surface area (Å²) in [4.78, 5) is 5.38. The van der Waals surface area contributed by atoms with Crippen molar-refractivity contribution in [2.45, 2.75) is 36.1 Å². The molecule has 0 atom stereocenters. The Hall–Kier alpha value is -0.460. The number of thioether (sulfide) groups is 1. The molecule has 22 heavy (non-hydrogen) atoms. The fourth-order valence-corrected chi connectivity index (χ4v) is 3.80. The van der Waals surface area contributed by atoms with Crippen LogP contribution in [0.2, 0.25) is 10.0 Å². The van der Waals surface area contributed by atoms with Gasteiger partial charge in [-0.3, -0.25) is 0 Å². The van der Waals surface area contributed by atoms with E-state index in [1.165, 1.54) is 11.8 Å². The van der Waals surface area contributed by atoms with Crippen LogP contribution in [0.5, 0.6) is 0 Å². The van der Waals surface area contributed by atoms with Crippen molar-refractivity contribution in [3.63, 3.8) is 0 Å². The maximum atomic E-state index is 6.35. The lowest BCUT2D eigenvalue weighted by molar-refractivity contribution is 0.372. The second-order valence-electron chi connectivity index (χ2n) is 5.25. The average Bonchev–Trinajstić information content (AvgIpc) is 3.09. The summed E-state index contributed by atoms with van der Waals surface area (Å²) in [7, 11) is 0. The monoisotopic (exact) mass is 379 g/mol. The Morgan fingerprint density at radius 2 is 1.91 bits per heavy atom. The first-order valence-corrected chi connectivity index (χ1v) is 8.68. The lowest BCUT2D eigenvalue weighted by atomic mass is 9.99. The lowest BCUT2D eigenvalue weighted by Gasteiger charge is -2.17. The molecule has 1 fully saturated rings. The Kier molecular flexibility index (Phi) is 5.67. The normalized spacial score (nSPS) is 16.5. The van der Waals surface area contributed by atoms with Crippen LogP contribution in [0.4, 0.5) is 0 Å². The van der Waals surface area contributed by atoms with E-state index < -0.39 is 5.54 Å². The van der Waals surface area contributed by atoms with E-state index in [0.29, 0.717) is 27.3 Å². The van der Waals surface area contributed by atoms with Gasteiger partial charge >= 0.3 is 0 Å². The van der Waals surface area contributed by atoms with Crippen LogP contribution in [0, 0.1) is 0 Å². The maximum absolute atomic E-state index is 6.35. The van der Waals surface area contributed by atoms with Crippen molar-refractivity contribution in [3.05, 3.63) is 28.0 Å². The van der Waals surface area contributed by atoms with E-state index in [4.69, 9.17) is 33.5 Å². The van der Waals surface area contributed by atoms with E-state index in [-0.39, 0.29) is 12.4 Å². The first-order chi connectivity index (χ1) is 10.0. The minimum Gasteiger partial charge on any atom is -0.334 e. The van der Waals surface area contributed by atoms with Gasteiger partial charge in [0.25, 0.3) is 5.89 Å². The molecule has 0 aliphatic heterocycles. The minimum absolute atomic E-state index is 0. The van der Waals surface area contributed by atoms with Crippen LogP contribution in [0.15, 0.2) is 21.6 Å². The van der Waals surface area contributed by atoms with Gasteiger partial charge in [-0.25, -0.2) is 0 Å². The van der Waals surface area contributed by atoms with Crippen molar-refractivity contribution >= 4 is 47.4 Å². The summed E-state index contributed by atoms with van der Waals surface area (Å²) in [5.74, 6) is 0.949. The van der Waals surface area contributed by atoms with E-state index in [0.717, 1.165) is 30.6 Å². The highest BCUT2D eigenvalue weighted by molar-refractivity contribution is 7.98. The molecule has 3 rings (SSSR count). The molecule has 8 heteroatoms. The predicted octanol–water partition coefficient (Wildman–Crippen LogP) is 4.92. The van der Waals surface area contributed by atoms with E-state index >= 15 is 0 Å². The summed E-state index contributed by atoms with van der Waals surface area (Å²) < 4.78 is 5.37. The van der Waals surface area contributed by atoms with Gasteiger partial charge in [-0.1, -0.05) is 41.2 Å². The molecular formula is C14H16Cl3N3OS. The highest BCUT2D eigenvalue weighted by Gasteiger charge is 2.36. The molecule has 0 radical (unpaired) electrons. The third-order valence-electron chi connectivity index (χ3n) is 3.84. The Bertz CT molecular complexity index is 671. The van der Waals surface area contributed by atoms with Gasteiger partial charge in [0.1, 0.15) is 0 Å². The van der Waals surface area contributed by atoms with Gasteiger partial charge in [0, 0.05) is 4.90 Å². The van der Waals surface area contributed by atoms with Crippen molar-refractivity contribution in [2.75, 3.05) is 6.26 Å². The zero-order valence-electron chi connectivity index (χ0n) is 11.9. The van der Waals surface area contributed by atoms with Crippen LogP contribution in [-0.4, -0.2) is 16.4 Å². The molecule has 4 nitrogen and oxygen atoms in total. The number of aromatic nitrogens is 2. The minimum atomic E-state index is -0.469. The van der Waals surface area contributed by atoms with Gasteiger partial charge in [-0.2, -0.15) is 4.98 Å². The molecule has 1 aliphatic rings. The van der Waals surface area contributed by atoms with Crippen LogP contribution in [0.1, 0.15) is 31.5 Å². The molecule has 1 aromatic heterocycles. The molecule has 1 heterocycles. The topological polar surface area (TPSA) is 64.9 Å². The third kappa shape index (κ3) is 3.24. The van der Waals surface area contributed by atoms with Crippen molar-refractivity contribution in [1.82, 2.24) is 10.1 Å². The lowest BCUT2D eigenvalue weighted by Crippen LogP contribution is -2.34. The second-order valence-corrected chi connectivity index (χ2v) is 6.92. The molecule has 0 spiro atoms. The molecule has 0 saturated heterocycles. The Morgan fingerprint density at radius 3 is 2.55 bits per heavy atom. The maximum Gasteiger partial charge on any atom is 0.259 e. The average molecular weight is 381 g/mol. The molecule has 0 bridgehead atoms. The van der Waals surface area contributed by atoms with E-state index in [9.17, 15) is 0 Å². The molecule has 120 valence electrons. The highest BCUT2D eigenvalue weighted by Crippen LogP contribution is 2.38. The largest absolute Gasteiger partial charge is 0.334 e. The fourth-order valence-electron chi connectivity index (χ4n) is 2.61. The quantitative estimate of drug-likeness (QED) is 0.766. The molecular weight excluding hydrogens is 365 g/mol. The van der Waals surface area contributed by atoms with E-state index in [1.54, 1.807) is 6.07 Å². The Balaban J connectivity index is 0.00000176. The number of hydrogen-bond donors (Lipinski definition) is 1. The first-order valence-electron chi connectivity index (χ1n) is 6.70. The first kappa shape index (κ1) is 17.9. The van der Waals surface area contributed by atoms with Gasteiger partial charge in [0.05, 0.1) is 21.1 Å². The molecule has 1 saturated carbocycles. The van der Waals surface area contributed by atoms with Crippen molar-refractivity contribution < 1.29 is 4.52 Å². The summed E-state index contributed by atoms with van der Waals surface area (Å²) in [6.07, 6.45) is 5.91. The van der Waals surface area contributed by atoms with Crippen LogP contribution >= 0.6 is 47.4 Å². The number of nitrogens with zero attached hydrogens (tertiary/aromatic N) is 2. The third-order valence-corrected chi connectivity index (χ3v) is 5.35. The highest BCUT2D eigenvalue weighted by atomic mass is 35.5. The molecule has 2 aromatic rings.